The van der Waals surface area contributed by atoms with Crippen molar-refractivity contribution in [2.75, 3.05) is 32.7 Å². The van der Waals surface area contributed by atoms with Crippen LogP contribution in [-0.2, 0) is 9.53 Å². The average Bonchev–Trinajstić information content (AvgIpc) is 3.16. The van der Waals surface area contributed by atoms with E-state index in [1.807, 2.05) is 20.8 Å². The topological polar surface area (TPSA) is 70.1 Å². The van der Waals surface area contributed by atoms with Crippen molar-refractivity contribution in [2.45, 2.75) is 45.6 Å². The zero-order valence-electron chi connectivity index (χ0n) is 13.2. The number of carbonyl (C=O) groups is 2. The summed E-state index contributed by atoms with van der Waals surface area (Å²) >= 11 is 0. The van der Waals surface area contributed by atoms with E-state index >= 15 is 0 Å². The Bertz CT molecular complexity index is 404. The van der Waals surface area contributed by atoms with Gasteiger partial charge in [0.15, 0.2) is 0 Å². The Kier molecular flexibility index (Phi) is 4.46. The highest BCUT2D eigenvalue weighted by Gasteiger charge is 2.49. The molecule has 0 spiro atoms. The van der Waals surface area contributed by atoms with E-state index in [-0.39, 0.29) is 6.09 Å². The molecule has 1 aliphatic heterocycles. The molecule has 2 aliphatic rings. The number of amides is 1. The van der Waals surface area contributed by atoms with Crippen molar-refractivity contribution >= 4 is 12.1 Å². The van der Waals surface area contributed by atoms with Crippen LogP contribution in [0.2, 0.25) is 0 Å². The highest BCUT2D eigenvalue weighted by Crippen LogP contribution is 2.49. The molecular formula is C15H26N2O4. The van der Waals surface area contributed by atoms with Gasteiger partial charge in [-0.1, -0.05) is 0 Å². The first-order chi connectivity index (χ1) is 9.72. The van der Waals surface area contributed by atoms with Crippen LogP contribution < -0.4 is 0 Å². The molecule has 1 N–H and O–H groups in total. The number of hydrogen-bond donors (Lipinski definition) is 1. The summed E-state index contributed by atoms with van der Waals surface area (Å²) in [5, 5.41) is 9.17. The Morgan fingerprint density at radius 2 is 1.71 bits per heavy atom. The maximum absolute atomic E-state index is 11.9. The van der Waals surface area contributed by atoms with Crippen molar-refractivity contribution < 1.29 is 19.4 Å². The van der Waals surface area contributed by atoms with E-state index in [4.69, 9.17) is 9.84 Å². The number of aliphatic carboxylic acids is 1. The van der Waals surface area contributed by atoms with Gasteiger partial charge in [0.25, 0.3) is 0 Å². The molecule has 1 aliphatic carbocycles. The Morgan fingerprint density at radius 1 is 1.14 bits per heavy atom. The number of carboxylic acid groups (broad SMARTS) is 1. The van der Waals surface area contributed by atoms with Gasteiger partial charge in [-0.2, -0.15) is 0 Å². The second-order valence-corrected chi connectivity index (χ2v) is 7.14. The number of piperazine rings is 1. The summed E-state index contributed by atoms with van der Waals surface area (Å²) in [7, 11) is 0. The molecule has 1 saturated carbocycles. The third-order valence-corrected chi connectivity index (χ3v) is 4.24. The molecule has 0 radical (unpaired) electrons. The molecule has 6 nitrogen and oxygen atoms in total. The minimum atomic E-state index is -0.658. The molecule has 21 heavy (non-hydrogen) atoms. The van der Waals surface area contributed by atoms with Crippen LogP contribution in [0.4, 0.5) is 4.79 Å². The molecule has 1 saturated heterocycles. The molecule has 0 aromatic heterocycles. The van der Waals surface area contributed by atoms with Gasteiger partial charge in [-0.25, -0.2) is 4.79 Å². The van der Waals surface area contributed by atoms with E-state index in [2.05, 4.69) is 4.90 Å². The molecule has 0 aromatic rings. The second-order valence-electron chi connectivity index (χ2n) is 7.14. The monoisotopic (exact) mass is 298 g/mol. The van der Waals surface area contributed by atoms with Crippen LogP contribution in [0.1, 0.15) is 40.0 Å². The molecule has 0 unspecified atom stereocenters. The summed E-state index contributed by atoms with van der Waals surface area (Å²) in [5.74, 6) is -0.658. The second kappa shape index (κ2) is 5.83. The highest BCUT2D eigenvalue weighted by molar-refractivity contribution is 5.77. The summed E-state index contributed by atoms with van der Waals surface area (Å²) in [5.41, 5.74) is -0.920. The van der Waals surface area contributed by atoms with E-state index in [1.54, 1.807) is 4.90 Å². The van der Waals surface area contributed by atoms with Crippen LogP contribution in [0.5, 0.6) is 0 Å². The lowest BCUT2D eigenvalue weighted by Crippen LogP contribution is -2.50. The Labute approximate surface area is 126 Å². The molecule has 1 heterocycles. The van der Waals surface area contributed by atoms with Crippen molar-refractivity contribution in [2.24, 2.45) is 5.41 Å². The van der Waals surface area contributed by atoms with Crippen molar-refractivity contribution in [3.63, 3.8) is 0 Å². The van der Waals surface area contributed by atoms with Crippen LogP contribution >= 0.6 is 0 Å². The van der Waals surface area contributed by atoms with E-state index < -0.39 is 17.0 Å². The van der Waals surface area contributed by atoms with Crippen molar-refractivity contribution in [1.82, 2.24) is 9.80 Å². The Hall–Kier alpha value is -1.30. The lowest BCUT2D eigenvalue weighted by molar-refractivity contribution is -0.143. The van der Waals surface area contributed by atoms with Gasteiger partial charge in [0.05, 0.1) is 5.41 Å². The van der Waals surface area contributed by atoms with Crippen LogP contribution in [-0.4, -0.2) is 65.3 Å². The molecule has 6 heteroatoms. The number of ether oxygens (including phenoxy) is 1. The zero-order chi connectivity index (χ0) is 15.7. The summed E-state index contributed by atoms with van der Waals surface area (Å²) in [6.45, 7) is 9.26. The van der Waals surface area contributed by atoms with Crippen LogP contribution in [0.3, 0.4) is 0 Å². The van der Waals surface area contributed by atoms with Crippen molar-refractivity contribution in [3.8, 4) is 0 Å². The highest BCUT2D eigenvalue weighted by atomic mass is 16.6. The predicted molar refractivity (Wildman–Crippen MR) is 78.2 cm³/mol. The van der Waals surface area contributed by atoms with Crippen molar-refractivity contribution in [1.29, 1.82) is 0 Å². The third kappa shape index (κ3) is 4.33. The quantitative estimate of drug-likeness (QED) is 0.857. The molecular weight excluding hydrogens is 272 g/mol. The Morgan fingerprint density at radius 3 is 2.14 bits per heavy atom. The number of nitrogens with zero attached hydrogens (tertiary/aromatic N) is 2. The Balaban J connectivity index is 1.71. The predicted octanol–water partition coefficient (Wildman–Crippen LogP) is 1.79. The smallest absolute Gasteiger partial charge is 0.410 e. The van der Waals surface area contributed by atoms with Gasteiger partial charge in [-0.05, 0) is 46.6 Å². The molecule has 0 bridgehead atoms. The fraction of sp³-hybridized carbons (Fsp3) is 0.867. The van der Waals surface area contributed by atoms with E-state index in [1.165, 1.54) is 0 Å². The first-order valence-corrected chi connectivity index (χ1v) is 7.66. The molecule has 0 aromatic carbocycles. The maximum Gasteiger partial charge on any atom is 0.410 e. The minimum absolute atomic E-state index is 0.258. The number of rotatable bonds is 4. The molecule has 0 atom stereocenters. The lowest BCUT2D eigenvalue weighted by atomic mass is 10.0. The van der Waals surface area contributed by atoms with Crippen LogP contribution in [0, 0.1) is 5.41 Å². The molecule has 2 rings (SSSR count). The summed E-state index contributed by atoms with van der Waals surface area (Å²) in [4.78, 5) is 27.1. The largest absolute Gasteiger partial charge is 0.481 e. The summed E-state index contributed by atoms with van der Waals surface area (Å²) in [6.07, 6.45) is 2.07. The average molecular weight is 298 g/mol. The van der Waals surface area contributed by atoms with Gasteiger partial charge in [-0.3, -0.25) is 9.69 Å². The summed E-state index contributed by atoms with van der Waals surface area (Å²) < 4.78 is 5.36. The molecule has 2 fully saturated rings. The van der Waals surface area contributed by atoms with Gasteiger partial charge in [0.1, 0.15) is 5.60 Å². The first kappa shape index (κ1) is 16.1. The molecule has 1 amide bonds. The van der Waals surface area contributed by atoms with Gasteiger partial charge < -0.3 is 14.7 Å². The fourth-order valence-corrected chi connectivity index (χ4v) is 2.57. The van der Waals surface area contributed by atoms with E-state index in [0.717, 1.165) is 38.9 Å². The normalized spacial score (nSPS) is 22.0. The summed E-state index contributed by atoms with van der Waals surface area (Å²) in [6, 6.07) is 0. The number of hydrogen-bond acceptors (Lipinski definition) is 4. The fourth-order valence-electron chi connectivity index (χ4n) is 2.57. The number of carboxylic acids is 1. The van der Waals surface area contributed by atoms with Gasteiger partial charge in [0, 0.05) is 26.2 Å². The lowest BCUT2D eigenvalue weighted by Gasteiger charge is -2.35. The van der Waals surface area contributed by atoms with Crippen LogP contribution in [0.25, 0.3) is 0 Å². The van der Waals surface area contributed by atoms with Gasteiger partial charge in [-0.15, -0.1) is 0 Å². The molecule has 120 valence electrons. The number of carbonyl (C=O) groups excluding carboxylic acids is 1. The van der Waals surface area contributed by atoms with Gasteiger partial charge >= 0.3 is 12.1 Å². The minimum Gasteiger partial charge on any atom is -0.481 e. The first-order valence-electron chi connectivity index (χ1n) is 7.66. The van der Waals surface area contributed by atoms with Crippen molar-refractivity contribution in [3.05, 3.63) is 0 Å². The van der Waals surface area contributed by atoms with E-state index in [9.17, 15) is 9.59 Å². The standard InChI is InChI=1S/C15H26N2O4/c1-14(2,3)21-13(20)17-10-8-16(9-11-17)7-6-15(4-5-15)12(18)19/h4-11H2,1-3H3,(H,18,19). The SMILES string of the molecule is CC(C)(C)OC(=O)N1CCN(CCC2(C(=O)O)CC2)CC1. The zero-order valence-corrected chi connectivity index (χ0v) is 13.2. The third-order valence-electron chi connectivity index (χ3n) is 4.24. The van der Waals surface area contributed by atoms with Gasteiger partial charge in [0.2, 0.25) is 0 Å². The van der Waals surface area contributed by atoms with E-state index in [0.29, 0.717) is 13.1 Å². The van der Waals surface area contributed by atoms with Crippen LogP contribution in [0.15, 0.2) is 0 Å². The maximum atomic E-state index is 11.9.